The molecule has 29 heavy (non-hydrogen) atoms. The van der Waals surface area contributed by atoms with E-state index < -0.39 is 10.0 Å². The van der Waals surface area contributed by atoms with E-state index in [9.17, 15) is 13.2 Å². The van der Waals surface area contributed by atoms with E-state index in [-0.39, 0.29) is 15.8 Å². The topological polar surface area (TPSA) is 66.5 Å². The van der Waals surface area contributed by atoms with E-state index in [1.165, 1.54) is 23.8 Å². The first kappa shape index (κ1) is 19.5. The van der Waals surface area contributed by atoms with Gasteiger partial charge in [-0.15, -0.1) is 0 Å². The third-order valence-corrected chi connectivity index (χ3v) is 6.63. The maximum absolute atomic E-state index is 13.0. The van der Waals surface area contributed by atoms with Crippen LogP contribution in [0.25, 0.3) is 0 Å². The number of anilines is 1. The Bertz CT molecular complexity index is 1160. The van der Waals surface area contributed by atoms with E-state index in [1.807, 2.05) is 18.2 Å². The number of hydrogen-bond donors (Lipinski definition) is 1. The molecule has 0 radical (unpaired) electrons. The summed E-state index contributed by atoms with van der Waals surface area (Å²) in [5.41, 5.74) is 3.05. The van der Waals surface area contributed by atoms with Crippen LogP contribution in [0, 0.1) is 0 Å². The van der Waals surface area contributed by atoms with Crippen LogP contribution >= 0.6 is 11.6 Å². The number of carbonyl (C=O) groups is 1. The van der Waals surface area contributed by atoms with Gasteiger partial charge in [-0.2, -0.15) is 0 Å². The van der Waals surface area contributed by atoms with Gasteiger partial charge in [-0.3, -0.25) is 9.52 Å². The van der Waals surface area contributed by atoms with Crippen LogP contribution in [0.5, 0.6) is 0 Å². The molecule has 3 aromatic rings. The zero-order valence-electron chi connectivity index (χ0n) is 15.5. The van der Waals surface area contributed by atoms with E-state index in [1.54, 1.807) is 35.2 Å². The highest BCUT2D eigenvalue weighted by Crippen LogP contribution is 2.26. The Hall–Kier alpha value is -2.83. The fourth-order valence-corrected chi connectivity index (χ4v) is 4.74. The molecule has 0 atom stereocenters. The number of nitrogens with zero attached hydrogens (tertiary/aromatic N) is 1. The number of rotatable bonds is 4. The molecule has 1 N–H and O–H groups in total. The quantitative estimate of drug-likeness (QED) is 0.674. The predicted octanol–water partition coefficient (Wildman–Crippen LogP) is 4.34. The summed E-state index contributed by atoms with van der Waals surface area (Å²) in [5.74, 6) is -0.165. The second-order valence-corrected chi connectivity index (χ2v) is 8.95. The Morgan fingerprint density at radius 3 is 2.34 bits per heavy atom. The lowest BCUT2D eigenvalue weighted by Crippen LogP contribution is -2.36. The SMILES string of the molecule is O=C(c1ccc(NS(=O)(=O)c2ccccc2)cc1Cl)N1CCc2ccccc2C1. The lowest BCUT2D eigenvalue weighted by molar-refractivity contribution is 0.0735. The fourth-order valence-electron chi connectivity index (χ4n) is 3.41. The van der Waals surface area contributed by atoms with Crippen molar-refractivity contribution in [2.24, 2.45) is 0 Å². The molecule has 7 heteroatoms. The van der Waals surface area contributed by atoms with Crippen LogP contribution in [-0.4, -0.2) is 25.8 Å². The molecule has 0 aromatic heterocycles. The maximum Gasteiger partial charge on any atom is 0.261 e. The molecule has 1 aliphatic rings. The van der Waals surface area contributed by atoms with Crippen molar-refractivity contribution >= 4 is 33.2 Å². The third kappa shape index (κ3) is 4.13. The van der Waals surface area contributed by atoms with Gasteiger partial charge in [0.2, 0.25) is 0 Å². The standard InChI is InChI=1S/C22H19ClN2O3S/c23-21-14-18(24-29(27,28)19-8-2-1-3-9-19)10-11-20(21)22(26)25-13-12-16-6-4-5-7-17(16)15-25/h1-11,14,24H,12-13,15H2. The number of benzene rings is 3. The lowest BCUT2D eigenvalue weighted by atomic mass is 9.99. The smallest absolute Gasteiger partial charge is 0.261 e. The zero-order chi connectivity index (χ0) is 20.4. The molecular formula is C22H19ClN2O3S. The van der Waals surface area contributed by atoms with Crippen LogP contribution in [0.15, 0.2) is 77.7 Å². The summed E-state index contributed by atoms with van der Waals surface area (Å²) in [5, 5.41) is 0.210. The minimum Gasteiger partial charge on any atom is -0.334 e. The third-order valence-electron chi connectivity index (χ3n) is 4.92. The molecule has 5 nitrogen and oxygen atoms in total. The number of halogens is 1. The van der Waals surface area contributed by atoms with Gasteiger partial charge in [0, 0.05) is 13.1 Å². The second kappa shape index (κ2) is 7.89. The highest BCUT2D eigenvalue weighted by molar-refractivity contribution is 7.92. The van der Waals surface area contributed by atoms with Gasteiger partial charge in [0.15, 0.2) is 0 Å². The summed E-state index contributed by atoms with van der Waals surface area (Å²) in [7, 11) is -3.72. The lowest BCUT2D eigenvalue weighted by Gasteiger charge is -2.29. The van der Waals surface area contributed by atoms with Crippen LogP contribution in [-0.2, 0) is 23.0 Å². The number of nitrogens with one attached hydrogen (secondary N) is 1. The summed E-state index contributed by atoms with van der Waals surface area (Å²) in [6.45, 7) is 1.16. The molecule has 1 amide bonds. The summed E-state index contributed by atoms with van der Waals surface area (Å²) in [6.07, 6.45) is 0.800. The average molecular weight is 427 g/mol. The van der Waals surface area contributed by atoms with E-state index in [0.29, 0.717) is 24.3 Å². The number of carbonyl (C=O) groups excluding carboxylic acids is 1. The Labute approximate surface area is 175 Å². The molecule has 1 aliphatic heterocycles. The molecule has 0 spiro atoms. The Morgan fingerprint density at radius 2 is 1.62 bits per heavy atom. The molecule has 0 saturated heterocycles. The highest BCUT2D eigenvalue weighted by Gasteiger charge is 2.23. The Kier molecular flexibility index (Phi) is 5.30. The summed E-state index contributed by atoms with van der Waals surface area (Å²) >= 11 is 6.34. The van der Waals surface area contributed by atoms with Crippen molar-refractivity contribution in [1.29, 1.82) is 0 Å². The predicted molar refractivity (Wildman–Crippen MR) is 114 cm³/mol. The van der Waals surface area contributed by atoms with Gasteiger partial charge in [-0.1, -0.05) is 54.1 Å². The van der Waals surface area contributed by atoms with Gasteiger partial charge in [-0.25, -0.2) is 8.42 Å². The molecular weight excluding hydrogens is 408 g/mol. The largest absolute Gasteiger partial charge is 0.334 e. The summed E-state index contributed by atoms with van der Waals surface area (Å²) in [6, 6.07) is 20.7. The molecule has 0 bridgehead atoms. The number of sulfonamides is 1. The van der Waals surface area contributed by atoms with Crippen molar-refractivity contribution in [3.05, 3.63) is 94.5 Å². The fraction of sp³-hybridized carbons (Fsp3) is 0.136. The molecule has 0 aliphatic carbocycles. The van der Waals surface area contributed by atoms with Crippen molar-refractivity contribution in [3.63, 3.8) is 0 Å². The van der Waals surface area contributed by atoms with Gasteiger partial charge in [0.05, 0.1) is 21.2 Å². The van der Waals surface area contributed by atoms with Crippen molar-refractivity contribution < 1.29 is 13.2 Å². The Morgan fingerprint density at radius 1 is 0.931 bits per heavy atom. The molecule has 0 saturated carbocycles. The number of amides is 1. The average Bonchev–Trinajstić information content (AvgIpc) is 2.73. The second-order valence-electron chi connectivity index (χ2n) is 6.86. The van der Waals surface area contributed by atoms with E-state index >= 15 is 0 Å². The summed E-state index contributed by atoms with van der Waals surface area (Å²) in [4.78, 5) is 14.9. The van der Waals surface area contributed by atoms with Gasteiger partial charge in [0.25, 0.3) is 15.9 Å². The molecule has 0 fully saturated rings. The van der Waals surface area contributed by atoms with Crippen LogP contribution < -0.4 is 4.72 Å². The zero-order valence-corrected chi connectivity index (χ0v) is 17.1. The maximum atomic E-state index is 13.0. The van der Waals surface area contributed by atoms with Crippen LogP contribution in [0.3, 0.4) is 0 Å². The van der Waals surface area contributed by atoms with Gasteiger partial charge in [0.1, 0.15) is 0 Å². The van der Waals surface area contributed by atoms with Crippen molar-refractivity contribution in [1.82, 2.24) is 4.90 Å². The first-order chi connectivity index (χ1) is 13.9. The van der Waals surface area contributed by atoms with E-state index in [2.05, 4.69) is 10.8 Å². The Balaban J connectivity index is 1.53. The molecule has 3 aromatic carbocycles. The van der Waals surface area contributed by atoms with E-state index in [0.717, 1.165) is 12.0 Å². The van der Waals surface area contributed by atoms with Gasteiger partial charge < -0.3 is 4.90 Å². The minimum atomic E-state index is -3.72. The molecule has 4 rings (SSSR count). The highest BCUT2D eigenvalue weighted by atomic mass is 35.5. The minimum absolute atomic E-state index is 0.156. The van der Waals surface area contributed by atoms with Crippen molar-refractivity contribution in [3.8, 4) is 0 Å². The first-order valence-electron chi connectivity index (χ1n) is 9.17. The molecule has 1 heterocycles. The summed E-state index contributed by atoms with van der Waals surface area (Å²) < 4.78 is 27.4. The number of hydrogen-bond acceptors (Lipinski definition) is 3. The van der Waals surface area contributed by atoms with Crippen LogP contribution in [0.4, 0.5) is 5.69 Å². The van der Waals surface area contributed by atoms with Crippen molar-refractivity contribution in [2.75, 3.05) is 11.3 Å². The van der Waals surface area contributed by atoms with Crippen LogP contribution in [0.2, 0.25) is 5.02 Å². The van der Waals surface area contributed by atoms with Crippen molar-refractivity contribution in [2.45, 2.75) is 17.9 Å². The normalized spacial score (nSPS) is 13.6. The van der Waals surface area contributed by atoms with Crippen LogP contribution in [0.1, 0.15) is 21.5 Å². The molecule has 0 unspecified atom stereocenters. The monoisotopic (exact) mass is 426 g/mol. The number of fused-ring (bicyclic) bond motifs is 1. The van der Waals surface area contributed by atoms with E-state index in [4.69, 9.17) is 11.6 Å². The first-order valence-corrected chi connectivity index (χ1v) is 11.0. The van der Waals surface area contributed by atoms with Gasteiger partial charge >= 0.3 is 0 Å². The molecule has 148 valence electrons. The van der Waals surface area contributed by atoms with Gasteiger partial charge in [-0.05, 0) is 47.9 Å².